The predicted octanol–water partition coefficient (Wildman–Crippen LogP) is 4.46. The molecular weight excluding hydrogens is 403 g/mol. The van der Waals surface area contributed by atoms with Crippen molar-refractivity contribution < 1.29 is 27.8 Å². The number of benzene rings is 2. The van der Waals surface area contributed by atoms with Gasteiger partial charge in [-0.25, -0.2) is 9.37 Å². The molecular formula is C23H25FN2O5. The van der Waals surface area contributed by atoms with Crippen molar-refractivity contribution in [2.75, 3.05) is 20.8 Å². The molecule has 1 aromatic heterocycles. The lowest BCUT2D eigenvalue weighted by molar-refractivity contribution is 0.0943. The van der Waals surface area contributed by atoms with Crippen LogP contribution in [0.5, 0.6) is 17.2 Å². The number of nitrogens with zero attached hydrogens (tertiary/aromatic N) is 1. The second kappa shape index (κ2) is 9.97. The zero-order valence-electron chi connectivity index (χ0n) is 17.9. The second-order valence-corrected chi connectivity index (χ2v) is 7.21. The third kappa shape index (κ3) is 5.33. The normalized spacial score (nSPS) is 10.8. The summed E-state index contributed by atoms with van der Waals surface area (Å²) in [7, 11) is 2.96. The number of oxazole rings is 1. The van der Waals surface area contributed by atoms with E-state index in [1.807, 2.05) is 0 Å². The number of aromatic nitrogens is 1. The molecule has 0 unspecified atom stereocenters. The molecule has 0 radical (unpaired) electrons. The fourth-order valence-electron chi connectivity index (χ4n) is 2.85. The average molecular weight is 428 g/mol. The van der Waals surface area contributed by atoms with Gasteiger partial charge in [-0.05, 0) is 36.2 Å². The molecule has 7 nitrogen and oxygen atoms in total. The molecule has 0 saturated heterocycles. The number of nitrogens with one attached hydrogen (secondary N) is 1. The molecule has 1 amide bonds. The van der Waals surface area contributed by atoms with Crippen molar-refractivity contribution in [2.45, 2.75) is 20.4 Å². The molecule has 3 aromatic rings. The third-order valence-electron chi connectivity index (χ3n) is 4.39. The van der Waals surface area contributed by atoms with Gasteiger partial charge in [0.25, 0.3) is 5.91 Å². The highest BCUT2D eigenvalue weighted by Crippen LogP contribution is 2.32. The van der Waals surface area contributed by atoms with Gasteiger partial charge in [0, 0.05) is 5.56 Å². The van der Waals surface area contributed by atoms with Gasteiger partial charge < -0.3 is 23.9 Å². The summed E-state index contributed by atoms with van der Waals surface area (Å²) in [5, 5.41) is 2.63. The summed E-state index contributed by atoms with van der Waals surface area (Å²) in [5.74, 6) is 0.822. The molecule has 0 aliphatic carbocycles. The molecule has 0 saturated carbocycles. The Balaban J connectivity index is 1.72. The van der Waals surface area contributed by atoms with Crippen molar-refractivity contribution in [1.29, 1.82) is 0 Å². The molecule has 0 aliphatic heterocycles. The number of amides is 1. The third-order valence-corrected chi connectivity index (χ3v) is 4.39. The first-order chi connectivity index (χ1) is 14.9. The van der Waals surface area contributed by atoms with Crippen LogP contribution in [0.1, 0.15) is 29.9 Å². The number of hydrogen-bond donors (Lipinski definition) is 1. The summed E-state index contributed by atoms with van der Waals surface area (Å²) >= 11 is 0. The van der Waals surface area contributed by atoms with E-state index in [0.717, 1.165) is 0 Å². The largest absolute Gasteiger partial charge is 0.496 e. The maximum absolute atomic E-state index is 14.1. The summed E-state index contributed by atoms with van der Waals surface area (Å²) in [5.41, 5.74) is 1.03. The molecule has 2 aromatic carbocycles. The zero-order chi connectivity index (χ0) is 22.4. The lowest BCUT2D eigenvalue weighted by Gasteiger charge is -2.13. The lowest BCUT2D eigenvalue weighted by Crippen LogP contribution is -2.24. The van der Waals surface area contributed by atoms with E-state index in [-0.39, 0.29) is 17.9 Å². The van der Waals surface area contributed by atoms with Crippen LogP contribution < -0.4 is 19.5 Å². The fourth-order valence-corrected chi connectivity index (χ4v) is 2.85. The van der Waals surface area contributed by atoms with Gasteiger partial charge in [-0.3, -0.25) is 4.79 Å². The van der Waals surface area contributed by atoms with E-state index in [1.165, 1.54) is 31.6 Å². The monoisotopic (exact) mass is 428 g/mol. The Hall–Kier alpha value is -3.55. The average Bonchev–Trinajstić information content (AvgIpc) is 3.24. The van der Waals surface area contributed by atoms with Crippen molar-refractivity contribution >= 4 is 5.91 Å². The first-order valence-corrected chi connectivity index (χ1v) is 9.79. The van der Waals surface area contributed by atoms with Crippen molar-refractivity contribution in [1.82, 2.24) is 10.3 Å². The van der Waals surface area contributed by atoms with Gasteiger partial charge in [0.1, 0.15) is 23.4 Å². The SMILES string of the molecule is COc1ccc(-c2nc(CNC(=O)c3c(F)cccc3OC)co2)cc1OCC(C)C. The highest BCUT2D eigenvalue weighted by molar-refractivity contribution is 5.97. The van der Waals surface area contributed by atoms with E-state index >= 15 is 0 Å². The molecule has 0 aliphatic rings. The number of carbonyl (C=O) groups is 1. The summed E-state index contributed by atoms with van der Waals surface area (Å²) < 4.78 is 35.8. The van der Waals surface area contributed by atoms with E-state index in [1.54, 1.807) is 25.3 Å². The van der Waals surface area contributed by atoms with Crippen molar-refractivity contribution in [3.8, 4) is 28.7 Å². The molecule has 3 rings (SSSR count). The quantitative estimate of drug-likeness (QED) is 0.542. The maximum Gasteiger partial charge on any atom is 0.258 e. The van der Waals surface area contributed by atoms with E-state index < -0.39 is 11.7 Å². The van der Waals surface area contributed by atoms with Crippen LogP contribution in [0.4, 0.5) is 4.39 Å². The molecule has 0 spiro atoms. The minimum absolute atomic E-state index is 0.0622. The van der Waals surface area contributed by atoms with E-state index in [2.05, 4.69) is 24.1 Å². The Morgan fingerprint density at radius 1 is 1.13 bits per heavy atom. The zero-order valence-corrected chi connectivity index (χ0v) is 17.9. The number of carbonyl (C=O) groups excluding carboxylic acids is 1. The Morgan fingerprint density at radius 3 is 2.61 bits per heavy atom. The van der Waals surface area contributed by atoms with E-state index in [0.29, 0.717) is 41.2 Å². The topological polar surface area (TPSA) is 82.8 Å². The van der Waals surface area contributed by atoms with Crippen LogP contribution in [0.25, 0.3) is 11.5 Å². The van der Waals surface area contributed by atoms with Crippen LogP contribution in [0.15, 0.2) is 47.1 Å². The summed E-state index contributed by atoms with van der Waals surface area (Å²) in [6.07, 6.45) is 1.44. The molecule has 0 atom stereocenters. The van der Waals surface area contributed by atoms with Crippen LogP contribution >= 0.6 is 0 Å². The predicted molar refractivity (Wildman–Crippen MR) is 113 cm³/mol. The van der Waals surface area contributed by atoms with Crippen molar-refractivity contribution in [3.05, 3.63) is 59.7 Å². The number of rotatable bonds is 9. The minimum atomic E-state index is -0.662. The molecule has 8 heteroatoms. The standard InChI is InChI=1S/C23H25FN2O5/c1-14(2)12-30-20-10-15(8-9-18(20)28-3)23-26-16(13-31-23)11-25-22(27)21-17(24)6-5-7-19(21)29-4/h5-10,13-14H,11-12H2,1-4H3,(H,25,27). The Bertz CT molecular complexity index is 1050. The number of methoxy groups -OCH3 is 2. The van der Waals surface area contributed by atoms with Crippen LogP contribution in [0.3, 0.4) is 0 Å². The summed E-state index contributed by atoms with van der Waals surface area (Å²) in [4.78, 5) is 16.8. The Kier molecular flexibility index (Phi) is 7.12. The van der Waals surface area contributed by atoms with Crippen molar-refractivity contribution in [3.63, 3.8) is 0 Å². The van der Waals surface area contributed by atoms with Gasteiger partial charge in [-0.1, -0.05) is 19.9 Å². The summed E-state index contributed by atoms with van der Waals surface area (Å²) in [6.45, 7) is 4.72. The van der Waals surface area contributed by atoms with Gasteiger partial charge in [0.05, 0.1) is 33.1 Å². The summed E-state index contributed by atoms with van der Waals surface area (Å²) in [6, 6.07) is 9.58. The van der Waals surface area contributed by atoms with Gasteiger partial charge in [0.15, 0.2) is 11.5 Å². The van der Waals surface area contributed by atoms with Gasteiger partial charge in [-0.2, -0.15) is 0 Å². The highest BCUT2D eigenvalue weighted by atomic mass is 19.1. The minimum Gasteiger partial charge on any atom is -0.496 e. The first kappa shape index (κ1) is 22.1. The molecule has 0 fully saturated rings. The van der Waals surface area contributed by atoms with Crippen LogP contribution in [-0.4, -0.2) is 31.7 Å². The van der Waals surface area contributed by atoms with Crippen LogP contribution in [0, 0.1) is 11.7 Å². The van der Waals surface area contributed by atoms with E-state index in [9.17, 15) is 9.18 Å². The molecule has 164 valence electrons. The number of halogens is 1. The number of ether oxygens (including phenoxy) is 3. The lowest BCUT2D eigenvalue weighted by atomic mass is 10.1. The first-order valence-electron chi connectivity index (χ1n) is 9.79. The molecule has 1 N–H and O–H groups in total. The van der Waals surface area contributed by atoms with Gasteiger partial charge in [0.2, 0.25) is 5.89 Å². The molecule has 1 heterocycles. The van der Waals surface area contributed by atoms with Crippen molar-refractivity contribution in [2.24, 2.45) is 5.92 Å². The van der Waals surface area contributed by atoms with Gasteiger partial charge >= 0.3 is 0 Å². The van der Waals surface area contributed by atoms with Gasteiger partial charge in [-0.15, -0.1) is 0 Å². The van der Waals surface area contributed by atoms with E-state index in [4.69, 9.17) is 18.6 Å². The van der Waals surface area contributed by atoms with Crippen LogP contribution in [-0.2, 0) is 6.54 Å². The highest BCUT2D eigenvalue weighted by Gasteiger charge is 2.18. The molecule has 0 bridgehead atoms. The second-order valence-electron chi connectivity index (χ2n) is 7.21. The Morgan fingerprint density at radius 2 is 1.90 bits per heavy atom. The fraction of sp³-hybridized carbons (Fsp3) is 0.304. The maximum atomic E-state index is 14.1. The van der Waals surface area contributed by atoms with Crippen LogP contribution in [0.2, 0.25) is 0 Å². The molecule has 31 heavy (non-hydrogen) atoms. The Labute approximate surface area is 180 Å². The number of hydrogen-bond acceptors (Lipinski definition) is 6. The smallest absolute Gasteiger partial charge is 0.258 e.